The van der Waals surface area contributed by atoms with Crippen molar-refractivity contribution in [2.45, 2.75) is 12.8 Å². The van der Waals surface area contributed by atoms with Crippen LogP contribution in [-0.4, -0.2) is 54.4 Å². The molecule has 1 aromatic rings. The molecule has 1 fully saturated rings. The van der Waals surface area contributed by atoms with Crippen molar-refractivity contribution >= 4 is 11.7 Å². The number of hydrogen-bond donors (Lipinski definition) is 1. The number of piperidine rings is 1. The Hall–Kier alpha value is -1.62. The van der Waals surface area contributed by atoms with Crippen molar-refractivity contribution < 1.29 is 4.79 Å². The molecular formula is C14H22N4O. The normalized spacial score (nSPS) is 17.4. The van der Waals surface area contributed by atoms with Crippen molar-refractivity contribution in [2.75, 3.05) is 39.5 Å². The summed E-state index contributed by atoms with van der Waals surface area (Å²) in [5, 5.41) is 0. The minimum atomic E-state index is 0.0198. The van der Waals surface area contributed by atoms with Crippen molar-refractivity contribution in [2.24, 2.45) is 5.92 Å². The Bertz CT molecular complexity index is 424. The minimum Gasteiger partial charge on any atom is -0.384 e. The average molecular weight is 262 g/mol. The fourth-order valence-corrected chi connectivity index (χ4v) is 2.47. The quantitative estimate of drug-likeness (QED) is 0.885. The second-order valence-corrected chi connectivity index (χ2v) is 5.40. The lowest BCUT2D eigenvalue weighted by atomic mass is 9.96. The number of carbonyl (C=O) groups excluding carboxylic acids is 1. The van der Waals surface area contributed by atoms with E-state index in [1.807, 2.05) is 7.05 Å². The van der Waals surface area contributed by atoms with E-state index in [1.165, 1.54) is 0 Å². The van der Waals surface area contributed by atoms with E-state index in [0.717, 1.165) is 32.5 Å². The first-order valence-corrected chi connectivity index (χ1v) is 6.72. The van der Waals surface area contributed by atoms with E-state index in [0.29, 0.717) is 17.3 Å². The van der Waals surface area contributed by atoms with Crippen LogP contribution >= 0.6 is 0 Å². The van der Waals surface area contributed by atoms with E-state index >= 15 is 0 Å². The second kappa shape index (κ2) is 6.02. The first kappa shape index (κ1) is 13.8. The molecule has 0 bridgehead atoms. The number of amides is 1. The zero-order valence-corrected chi connectivity index (χ0v) is 11.7. The van der Waals surface area contributed by atoms with Crippen LogP contribution < -0.4 is 5.73 Å². The molecular weight excluding hydrogens is 240 g/mol. The van der Waals surface area contributed by atoms with E-state index in [-0.39, 0.29) is 5.91 Å². The standard InChI is InChI=1S/C14H22N4O/c1-17-7-5-11(6-8-17)10-18(2)14(19)12-3-4-13(15)16-9-12/h3-4,9,11H,5-8,10H2,1-2H3,(H2,15,16). The summed E-state index contributed by atoms with van der Waals surface area (Å²) in [6.07, 6.45) is 3.87. The van der Waals surface area contributed by atoms with Gasteiger partial charge in [0.15, 0.2) is 0 Å². The Kier molecular flexibility index (Phi) is 4.37. The number of rotatable bonds is 3. The SMILES string of the molecule is CN1CCC(CN(C)C(=O)c2ccc(N)nc2)CC1. The van der Waals surface area contributed by atoms with Gasteiger partial charge in [0.1, 0.15) is 5.82 Å². The molecule has 0 spiro atoms. The number of likely N-dealkylation sites (tertiary alicyclic amines) is 1. The van der Waals surface area contributed by atoms with Crippen LogP contribution in [0.2, 0.25) is 0 Å². The number of nitrogen functional groups attached to an aromatic ring is 1. The van der Waals surface area contributed by atoms with Crippen molar-refractivity contribution in [1.29, 1.82) is 0 Å². The highest BCUT2D eigenvalue weighted by Crippen LogP contribution is 2.17. The molecule has 2 rings (SSSR count). The Morgan fingerprint density at radius 1 is 1.47 bits per heavy atom. The molecule has 0 radical (unpaired) electrons. The number of nitrogens with zero attached hydrogens (tertiary/aromatic N) is 3. The van der Waals surface area contributed by atoms with Gasteiger partial charge in [-0.3, -0.25) is 4.79 Å². The smallest absolute Gasteiger partial charge is 0.255 e. The molecule has 2 N–H and O–H groups in total. The van der Waals surface area contributed by atoms with Crippen molar-refractivity contribution in [3.63, 3.8) is 0 Å². The number of hydrogen-bond acceptors (Lipinski definition) is 4. The number of anilines is 1. The lowest BCUT2D eigenvalue weighted by Crippen LogP contribution is -2.38. The van der Waals surface area contributed by atoms with E-state index in [4.69, 9.17) is 5.73 Å². The molecule has 1 amide bonds. The Labute approximate surface area is 114 Å². The molecule has 2 heterocycles. The van der Waals surface area contributed by atoms with Crippen LogP contribution in [0.25, 0.3) is 0 Å². The van der Waals surface area contributed by atoms with Crippen LogP contribution in [-0.2, 0) is 0 Å². The summed E-state index contributed by atoms with van der Waals surface area (Å²) in [6.45, 7) is 3.06. The van der Waals surface area contributed by atoms with E-state index in [1.54, 1.807) is 23.2 Å². The predicted molar refractivity (Wildman–Crippen MR) is 75.8 cm³/mol. The lowest BCUT2D eigenvalue weighted by molar-refractivity contribution is 0.0747. The van der Waals surface area contributed by atoms with Crippen LogP contribution in [0.5, 0.6) is 0 Å². The number of carbonyl (C=O) groups is 1. The molecule has 0 aromatic carbocycles. The first-order chi connectivity index (χ1) is 9.06. The van der Waals surface area contributed by atoms with Gasteiger partial charge >= 0.3 is 0 Å². The van der Waals surface area contributed by atoms with Gasteiger partial charge in [-0.25, -0.2) is 4.98 Å². The molecule has 5 nitrogen and oxygen atoms in total. The second-order valence-electron chi connectivity index (χ2n) is 5.40. The molecule has 1 aromatic heterocycles. The van der Waals surface area contributed by atoms with Crippen LogP contribution in [0.4, 0.5) is 5.82 Å². The third-order valence-electron chi connectivity index (χ3n) is 3.75. The summed E-state index contributed by atoms with van der Waals surface area (Å²) in [5.74, 6) is 1.06. The zero-order chi connectivity index (χ0) is 13.8. The van der Waals surface area contributed by atoms with E-state index in [2.05, 4.69) is 16.9 Å². The molecule has 0 unspecified atom stereocenters. The molecule has 19 heavy (non-hydrogen) atoms. The summed E-state index contributed by atoms with van der Waals surface area (Å²) >= 11 is 0. The topological polar surface area (TPSA) is 62.5 Å². The summed E-state index contributed by atoms with van der Waals surface area (Å²) in [4.78, 5) is 20.3. The highest BCUT2D eigenvalue weighted by Gasteiger charge is 2.21. The molecule has 104 valence electrons. The molecule has 0 aliphatic carbocycles. The molecule has 1 aliphatic rings. The lowest BCUT2D eigenvalue weighted by Gasteiger charge is -2.31. The van der Waals surface area contributed by atoms with Crippen LogP contribution in [0.1, 0.15) is 23.2 Å². The van der Waals surface area contributed by atoms with Gasteiger partial charge < -0.3 is 15.5 Å². The number of pyridine rings is 1. The minimum absolute atomic E-state index is 0.0198. The predicted octanol–water partition coefficient (Wildman–Crippen LogP) is 1.08. The Morgan fingerprint density at radius 3 is 2.74 bits per heavy atom. The van der Waals surface area contributed by atoms with Crippen LogP contribution in [0, 0.1) is 5.92 Å². The zero-order valence-electron chi connectivity index (χ0n) is 11.7. The summed E-state index contributed by atoms with van der Waals surface area (Å²) < 4.78 is 0. The van der Waals surface area contributed by atoms with Gasteiger partial charge in [0.05, 0.1) is 5.56 Å². The van der Waals surface area contributed by atoms with Crippen molar-refractivity contribution in [3.8, 4) is 0 Å². The number of aromatic nitrogens is 1. The van der Waals surface area contributed by atoms with Gasteiger partial charge in [0.25, 0.3) is 5.91 Å². The monoisotopic (exact) mass is 262 g/mol. The van der Waals surface area contributed by atoms with Crippen molar-refractivity contribution in [1.82, 2.24) is 14.8 Å². The maximum atomic E-state index is 12.2. The molecule has 0 saturated carbocycles. The van der Waals surface area contributed by atoms with Gasteiger partial charge in [0, 0.05) is 19.8 Å². The van der Waals surface area contributed by atoms with Crippen LogP contribution in [0.3, 0.4) is 0 Å². The molecule has 1 aliphatic heterocycles. The molecule has 1 saturated heterocycles. The maximum absolute atomic E-state index is 12.2. The van der Waals surface area contributed by atoms with Gasteiger partial charge in [-0.05, 0) is 51.0 Å². The fraction of sp³-hybridized carbons (Fsp3) is 0.571. The third kappa shape index (κ3) is 3.67. The maximum Gasteiger partial charge on any atom is 0.255 e. The van der Waals surface area contributed by atoms with Gasteiger partial charge in [-0.15, -0.1) is 0 Å². The highest BCUT2D eigenvalue weighted by atomic mass is 16.2. The van der Waals surface area contributed by atoms with Gasteiger partial charge in [-0.1, -0.05) is 0 Å². The van der Waals surface area contributed by atoms with Crippen LogP contribution in [0.15, 0.2) is 18.3 Å². The first-order valence-electron chi connectivity index (χ1n) is 6.72. The molecule has 0 atom stereocenters. The third-order valence-corrected chi connectivity index (χ3v) is 3.75. The number of nitrogens with two attached hydrogens (primary N) is 1. The Balaban J connectivity index is 1.90. The Morgan fingerprint density at radius 2 is 2.16 bits per heavy atom. The average Bonchev–Trinajstić information content (AvgIpc) is 2.41. The summed E-state index contributed by atoms with van der Waals surface area (Å²) in [6, 6.07) is 3.40. The largest absolute Gasteiger partial charge is 0.384 e. The van der Waals surface area contributed by atoms with E-state index in [9.17, 15) is 4.79 Å². The van der Waals surface area contributed by atoms with Gasteiger partial charge in [-0.2, -0.15) is 0 Å². The summed E-state index contributed by atoms with van der Waals surface area (Å²) in [7, 11) is 4.00. The van der Waals surface area contributed by atoms with E-state index < -0.39 is 0 Å². The van der Waals surface area contributed by atoms with Crippen molar-refractivity contribution in [3.05, 3.63) is 23.9 Å². The highest BCUT2D eigenvalue weighted by molar-refractivity contribution is 5.93. The summed E-state index contributed by atoms with van der Waals surface area (Å²) in [5.41, 5.74) is 6.13. The van der Waals surface area contributed by atoms with Gasteiger partial charge in [0.2, 0.25) is 0 Å². The molecule has 5 heteroatoms. The fourth-order valence-electron chi connectivity index (χ4n) is 2.47.